The molecule has 63 heavy (non-hydrogen) atoms. The van der Waals surface area contributed by atoms with Crippen molar-refractivity contribution in [2.45, 2.75) is 5.41 Å². The Kier molecular flexibility index (Phi) is 7.16. The number of benzene rings is 9. The number of para-hydroxylation sites is 2. The normalized spacial score (nSPS) is 13.2. The molecule has 4 nitrogen and oxygen atoms in total. The lowest BCUT2D eigenvalue weighted by Crippen LogP contribution is -2.25. The highest BCUT2D eigenvalue weighted by molar-refractivity contribution is 7.26. The van der Waals surface area contributed by atoms with E-state index in [1.807, 2.05) is 18.2 Å². The Labute approximate surface area is 366 Å². The predicted octanol–water partition coefficient (Wildman–Crippen LogP) is 15.2. The van der Waals surface area contributed by atoms with Gasteiger partial charge < -0.3 is 4.42 Å². The van der Waals surface area contributed by atoms with E-state index in [-0.39, 0.29) is 0 Å². The third kappa shape index (κ3) is 4.77. The van der Waals surface area contributed by atoms with Gasteiger partial charge in [0.05, 0.1) is 11.0 Å². The standard InChI is InChI=1S/C58H33N3OS/c1-6-27-46-37(17-1)38-18-2-7-28-47(38)58(46)48-29-8-3-21-43(48)52-36(22-14-30-49(52)58)34-15-11-16-35(33-34)55-59-56(44-25-12-23-41-39-19-4-9-31-50(39)62-53(41)44)61-57(60-55)45-26-13-24-42-40-20-5-10-32-51(40)63-54(42)45/h1-33H. The third-order valence-electron chi connectivity index (χ3n) is 13.4. The average Bonchev–Trinajstić information content (AvgIpc) is 4.09. The van der Waals surface area contributed by atoms with Crippen LogP contribution < -0.4 is 0 Å². The van der Waals surface area contributed by atoms with E-state index in [9.17, 15) is 0 Å². The van der Waals surface area contributed by atoms with Crippen LogP contribution in [0.15, 0.2) is 205 Å². The predicted molar refractivity (Wildman–Crippen MR) is 258 cm³/mol. The number of fused-ring (bicyclic) bond motifs is 16. The Morgan fingerprint density at radius 3 is 1.70 bits per heavy atom. The summed E-state index contributed by atoms with van der Waals surface area (Å²) in [6.07, 6.45) is 0. The summed E-state index contributed by atoms with van der Waals surface area (Å²) in [6, 6.07) is 72.0. The van der Waals surface area contributed by atoms with E-state index in [1.54, 1.807) is 11.3 Å². The molecule has 12 aromatic rings. The van der Waals surface area contributed by atoms with Crippen LogP contribution in [0.2, 0.25) is 0 Å². The largest absolute Gasteiger partial charge is 0.455 e. The number of nitrogens with zero attached hydrogens (tertiary/aromatic N) is 3. The number of thiophene rings is 1. The van der Waals surface area contributed by atoms with Crippen molar-refractivity contribution in [1.29, 1.82) is 0 Å². The minimum atomic E-state index is -0.421. The third-order valence-corrected chi connectivity index (χ3v) is 14.6. The van der Waals surface area contributed by atoms with Crippen molar-refractivity contribution >= 4 is 53.4 Å². The molecule has 3 aromatic heterocycles. The molecule has 0 N–H and O–H groups in total. The minimum absolute atomic E-state index is 0.421. The molecule has 14 rings (SSSR count). The maximum Gasteiger partial charge on any atom is 0.167 e. The molecule has 0 aliphatic heterocycles. The quantitative estimate of drug-likeness (QED) is 0.177. The summed E-state index contributed by atoms with van der Waals surface area (Å²) in [5, 5.41) is 4.53. The van der Waals surface area contributed by atoms with Gasteiger partial charge in [0.2, 0.25) is 0 Å². The molecule has 2 aliphatic carbocycles. The first-order valence-electron chi connectivity index (χ1n) is 21.3. The monoisotopic (exact) mass is 819 g/mol. The number of rotatable bonds is 4. The van der Waals surface area contributed by atoms with Gasteiger partial charge in [-0.05, 0) is 86.0 Å². The van der Waals surface area contributed by atoms with Gasteiger partial charge in [0, 0.05) is 42.1 Å². The maximum absolute atomic E-state index is 6.57. The number of hydrogen-bond donors (Lipinski definition) is 0. The van der Waals surface area contributed by atoms with Gasteiger partial charge in [0.1, 0.15) is 11.2 Å². The van der Waals surface area contributed by atoms with Crippen LogP contribution in [0.1, 0.15) is 22.3 Å². The van der Waals surface area contributed by atoms with Crippen LogP contribution in [0.3, 0.4) is 0 Å². The molecular weight excluding hydrogens is 787 g/mol. The van der Waals surface area contributed by atoms with E-state index in [1.165, 1.54) is 65.5 Å². The highest BCUT2D eigenvalue weighted by atomic mass is 32.1. The molecule has 0 radical (unpaired) electrons. The van der Waals surface area contributed by atoms with Crippen LogP contribution in [0, 0.1) is 0 Å². The lowest BCUT2D eigenvalue weighted by Gasteiger charge is -2.30. The van der Waals surface area contributed by atoms with Gasteiger partial charge in [-0.15, -0.1) is 11.3 Å². The van der Waals surface area contributed by atoms with E-state index in [0.717, 1.165) is 48.9 Å². The van der Waals surface area contributed by atoms with Crippen LogP contribution in [-0.4, -0.2) is 15.0 Å². The first kappa shape index (κ1) is 34.7. The van der Waals surface area contributed by atoms with Crippen LogP contribution in [0.5, 0.6) is 0 Å². The SMILES string of the molecule is c1cc(-c2nc(-c3cccc4c3oc3ccccc34)nc(-c3cccc4c3sc3ccccc34)n2)cc(-c2cccc3c2-c2ccccc2C32c3ccccc3-c3ccccc32)c1. The summed E-state index contributed by atoms with van der Waals surface area (Å²) in [4.78, 5) is 16.0. The first-order chi connectivity index (χ1) is 31.2. The first-order valence-corrected chi connectivity index (χ1v) is 22.2. The summed E-state index contributed by atoms with van der Waals surface area (Å²) in [5.74, 6) is 1.80. The molecule has 292 valence electrons. The van der Waals surface area contributed by atoms with Gasteiger partial charge in [0.25, 0.3) is 0 Å². The summed E-state index contributed by atoms with van der Waals surface area (Å²) < 4.78 is 8.96. The summed E-state index contributed by atoms with van der Waals surface area (Å²) >= 11 is 1.78. The van der Waals surface area contributed by atoms with E-state index < -0.39 is 5.41 Å². The average molecular weight is 820 g/mol. The fourth-order valence-corrected chi connectivity index (χ4v) is 12.0. The van der Waals surface area contributed by atoms with Gasteiger partial charge in [-0.1, -0.05) is 170 Å². The zero-order chi connectivity index (χ0) is 41.2. The topological polar surface area (TPSA) is 51.8 Å². The second kappa shape index (κ2) is 13.0. The van der Waals surface area contributed by atoms with Gasteiger partial charge in [0.15, 0.2) is 17.5 Å². The lowest BCUT2D eigenvalue weighted by atomic mass is 9.70. The van der Waals surface area contributed by atoms with Gasteiger partial charge in [-0.2, -0.15) is 0 Å². The second-order valence-corrected chi connectivity index (χ2v) is 17.6. The molecule has 0 saturated heterocycles. The van der Waals surface area contributed by atoms with Crippen molar-refractivity contribution in [2.24, 2.45) is 0 Å². The molecule has 0 bridgehead atoms. The molecular formula is C58H33N3OS. The van der Waals surface area contributed by atoms with Crippen molar-refractivity contribution in [2.75, 3.05) is 0 Å². The fraction of sp³-hybridized carbons (Fsp3) is 0.0172. The van der Waals surface area contributed by atoms with E-state index in [2.05, 4.69) is 182 Å². The molecule has 0 amide bonds. The molecule has 0 atom stereocenters. The zero-order valence-corrected chi connectivity index (χ0v) is 34.5. The lowest BCUT2D eigenvalue weighted by molar-refractivity contribution is 0.669. The zero-order valence-electron chi connectivity index (χ0n) is 33.7. The maximum atomic E-state index is 6.57. The Bertz CT molecular complexity index is 3720. The van der Waals surface area contributed by atoms with E-state index in [4.69, 9.17) is 19.4 Å². The van der Waals surface area contributed by atoms with Gasteiger partial charge >= 0.3 is 0 Å². The highest BCUT2D eigenvalue weighted by Gasteiger charge is 2.52. The molecule has 0 fully saturated rings. The van der Waals surface area contributed by atoms with E-state index >= 15 is 0 Å². The van der Waals surface area contributed by atoms with Gasteiger partial charge in [-0.25, -0.2) is 15.0 Å². The number of hydrogen-bond acceptors (Lipinski definition) is 5. The number of furan rings is 1. The smallest absolute Gasteiger partial charge is 0.167 e. The van der Waals surface area contributed by atoms with Crippen LogP contribution in [0.4, 0.5) is 0 Å². The highest BCUT2D eigenvalue weighted by Crippen LogP contribution is 2.64. The van der Waals surface area contributed by atoms with Crippen molar-refractivity contribution < 1.29 is 4.42 Å². The van der Waals surface area contributed by atoms with Crippen molar-refractivity contribution in [3.63, 3.8) is 0 Å². The van der Waals surface area contributed by atoms with Crippen LogP contribution in [-0.2, 0) is 5.41 Å². The Morgan fingerprint density at radius 2 is 0.889 bits per heavy atom. The Hall–Kier alpha value is -7.99. The van der Waals surface area contributed by atoms with Crippen LogP contribution in [0.25, 0.3) is 110 Å². The number of aromatic nitrogens is 3. The molecule has 9 aromatic carbocycles. The van der Waals surface area contributed by atoms with Crippen molar-refractivity contribution in [3.05, 3.63) is 222 Å². The second-order valence-electron chi connectivity index (χ2n) is 16.6. The summed E-state index contributed by atoms with van der Waals surface area (Å²) in [7, 11) is 0. The molecule has 0 saturated carbocycles. The molecule has 5 heteroatoms. The van der Waals surface area contributed by atoms with E-state index in [0.29, 0.717) is 17.5 Å². The van der Waals surface area contributed by atoms with Crippen molar-refractivity contribution in [1.82, 2.24) is 15.0 Å². The molecule has 3 heterocycles. The summed E-state index contributed by atoms with van der Waals surface area (Å²) in [6.45, 7) is 0. The Balaban J connectivity index is 0.993. The minimum Gasteiger partial charge on any atom is -0.455 e. The molecule has 2 aliphatic rings. The molecule has 1 spiro atoms. The summed E-state index contributed by atoms with van der Waals surface area (Å²) in [5.41, 5.74) is 16.6. The van der Waals surface area contributed by atoms with Crippen LogP contribution >= 0.6 is 11.3 Å². The molecule has 0 unspecified atom stereocenters. The van der Waals surface area contributed by atoms with Crippen molar-refractivity contribution in [3.8, 4) is 67.5 Å². The Morgan fingerprint density at radius 1 is 0.365 bits per heavy atom. The fourth-order valence-electron chi connectivity index (χ4n) is 10.8. The van der Waals surface area contributed by atoms with Gasteiger partial charge in [-0.3, -0.25) is 0 Å².